The van der Waals surface area contributed by atoms with Crippen LogP contribution in [-0.4, -0.2) is 25.6 Å². The van der Waals surface area contributed by atoms with Gasteiger partial charge in [0.05, 0.1) is 6.54 Å². The molecule has 0 saturated heterocycles. The van der Waals surface area contributed by atoms with Crippen LogP contribution in [0.4, 0.5) is 5.69 Å². The van der Waals surface area contributed by atoms with Crippen LogP contribution in [0.25, 0.3) is 0 Å². The van der Waals surface area contributed by atoms with Crippen LogP contribution in [0.2, 0.25) is 0 Å². The molecule has 1 heterocycles. The van der Waals surface area contributed by atoms with Gasteiger partial charge >= 0.3 is 0 Å². The molecule has 2 rings (SSSR count). The first-order valence-electron chi connectivity index (χ1n) is 7.32. The second-order valence-corrected chi connectivity index (χ2v) is 5.03. The summed E-state index contributed by atoms with van der Waals surface area (Å²) in [6.45, 7) is 5.67. The zero-order chi connectivity index (χ0) is 14.2. The van der Waals surface area contributed by atoms with Crippen molar-refractivity contribution in [2.24, 2.45) is 10.7 Å². The summed E-state index contributed by atoms with van der Waals surface area (Å²) in [5.74, 6) is 0.534. The van der Waals surface area contributed by atoms with E-state index < -0.39 is 0 Å². The predicted molar refractivity (Wildman–Crippen MR) is 101 cm³/mol. The summed E-state index contributed by atoms with van der Waals surface area (Å²) in [5.41, 5.74) is 8.28. The minimum Gasteiger partial charge on any atom is -0.370 e. The maximum absolute atomic E-state index is 5.84. The molecule has 1 aromatic rings. The number of nitrogens with two attached hydrogens (primary N) is 1. The van der Waals surface area contributed by atoms with Crippen molar-refractivity contribution in [1.29, 1.82) is 0 Å². The molecule has 0 spiro atoms. The highest BCUT2D eigenvalue weighted by atomic mass is 127. The Balaban J connectivity index is 0.00000220. The fourth-order valence-electron chi connectivity index (χ4n) is 2.17. The lowest BCUT2D eigenvalue weighted by atomic mass is 10.2. The Morgan fingerprint density at radius 2 is 2.10 bits per heavy atom. The van der Waals surface area contributed by atoms with Gasteiger partial charge in [0.25, 0.3) is 0 Å². The minimum atomic E-state index is 0. The third-order valence-electron chi connectivity index (χ3n) is 3.36. The molecule has 0 unspecified atom stereocenters. The van der Waals surface area contributed by atoms with Crippen molar-refractivity contribution in [2.75, 3.05) is 24.5 Å². The fourth-order valence-corrected chi connectivity index (χ4v) is 2.17. The summed E-state index contributed by atoms with van der Waals surface area (Å²) in [4.78, 5) is 6.71. The average molecular weight is 400 g/mol. The first kappa shape index (κ1) is 17.8. The zero-order valence-corrected chi connectivity index (χ0v) is 14.9. The number of hydrogen-bond donors (Lipinski definition) is 2. The SMILES string of the molecule is CCCCNC(N)=NCc1cccc(N2CC=CC2)c1.I. The van der Waals surface area contributed by atoms with Gasteiger partial charge in [-0.15, -0.1) is 24.0 Å². The molecule has 3 N–H and O–H groups in total. The molecule has 0 saturated carbocycles. The average Bonchev–Trinajstić information content (AvgIpc) is 3.00. The number of rotatable bonds is 6. The van der Waals surface area contributed by atoms with Crippen molar-refractivity contribution in [3.63, 3.8) is 0 Å². The molecular formula is C16H25IN4. The van der Waals surface area contributed by atoms with Gasteiger partial charge in [0.2, 0.25) is 0 Å². The normalized spacial score (nSPS) is 14.1. The molecule has 0 aromatic heterocycles. The summed E-state index contributed by atoms with van der Waals surface area (Å²) in [7, 11) is 0. The molecule has 1 aromatic carbocycles. The lowest BCUT2D eigenvalue weighted by Crippen LogP contribution is -2.32. The highest BCUT2D eigenvalue weighted by Gasteiger charge is 2.07. The molecule has 0 bridgehead atoms. The van der Waals surface area contributed by atoms with Crippen LogP contribution < -0.4 is 16.0 Å². The van der Waals surface area contributed by atoms with Gasteiger partial charge in [-0.1, -0.05) is 37.6 Å². The van der Waals surface area contributed by atoms with E-state index in [0.29, 0.717) is 12.5 Å². The first-order chi connectivity index (χ1) is 9.79. The Hall–Kier alpha value is -1.24. The van der Waals surface area contributed by atoms with E-state index in [-0.39, 0.29) is 24.0 Å². The van der Waals surface area contributed by atoms with Crippen LogP contribution in [-0.2, 0) is 6.54 Å². The van der Waals surface area contributed by atoms with E-state index in [4.69, 9.17) is 5.73 Å². The molecule has 116 valence electrons. The van der Waals surface area contributed by atoms with Crippen LogP contribution >= 0.6 is 24.0 Å². The van der Waals surface area contributed by atoms with Gasteiger partial charge in [-0.2, -0.15) is 0 Å². The molecule has 4 nitrogen and oxygen atoms in total. The van der Waals surface area contributed by atoms with Gasteiger partial charge in [-0.25, -0.2) is 4.99 Å². The third-order valence-corrected chi connectivity index (χ3v) is 3.36. The Bertz CT molecular complexity index is 477. The number of aliphatic imine (C=N–C) groups is 1. The van der Waals surface area contributed by atoms with Gasteiger partial charge in [0.1, 0.15) is 0 Å². The Morgan fingerprint density at radius 1 is 1.33 bits per heavy atom. The molecule has 1 aliphatic rings. The summed E-state index contributed by atoms with van der Waals surface area (Å²) < 4.78 is 0. The van der Waals surface area contributed by atoms with E-state index in [1.165, 1.54) is 11.3 Å². The standard InChI is InChI=1S/C16H24N4.HI/c1-2-3-9-18-16(17)19-13-14-7-6-8-15(12-14)20-10-4-5-11-20;/h4-8,12H,2-3,9-11,13H2,1H3,(H3,17,18,19);1H. The number of guanidine groups is 1. The van der Waals surface area contributed by atoms with Crippen LogP contribution in [0.5, 0.6) is 0 Å². The Kier molecular flexibility index (Phi) is 8.19. The maximum atomic E-state index is 5.84. The lowest BCUT2D eigenvalue weighted by Gasteiger charge is -2.18. The van der Waals surface area contributed by atoms with Crippen LogP contribution in [0.15, 0.2) is 41.4 Å². The number of hydrogen-bond acceptors (Lipinski definition) is 2. The number of nitrogens with zero attached hydrogens (tertiary/aromatic N) is 2. The Labute approximate surface area is 144 Å². The van der Waals surface area contributed by atoms with E-state index in [9.17, 15) is 0 Å². The van der Waals surface area contributed by atoms with Crippen molar-refractivity contribution >= 4 is 35.6 Å². The molecule has 0 amide bonds. The van der Waals surface area contributed by atoms with Gasteiger partial charge in [-0.05, 0) is 24.1 Å². The molecule has 5 heteroatoms. The molecular weight excluding hydrogens is 375 g/mol. The number of benzene rings is 1. The molecule has 0 fully saturated rings. The molecule has 0 radical (unpaired) electrons. The van der Waals surface area contributed by atoms with Crippen molar-refractivity contribution in [1.82, 2.24) is 5.32 Å². The second-order valence-electron chi connectivity index (χ2n) is 5.03. The number of nitrogens with one attached hydrogen (secondary N) is 1. The molecule has 0 aliphatic carbocycles. The molecule has 0 atom stereocenters. The third kappa shape index (κ3) is 5.95. The Morgan fingerprint density at radius 3 is 2.81 bits per heavy atom. The second kappa shape index (κ2) is 9.65. The number of unbranched alkanes of at least 4 members (excludes halogenated alkanes) is 1. The van der Waals surface area contributed by atoms with E-state index >= 15 is 0 Å². The molecule has 21 heavy (non-hydrogen) atoms. The smallest absolute Gasteiger partial charge is 0.188 e. The van der Waals surface area contributed by atoms with E-state index in [0.717, 1.165) is 32.5 Å². The monoisotopic (exact) mass is 400 g/mol. The quantitative estimate of drug-likeness (QED) is 0.254. The van der Waals surface area contributed by atoms with Crippen molar-refractivity contribution in [3.05, 3.63) is 42.0 Å². The highest BCUT2D eigenvalue weighted by Crippen LogP contribution is 2.18. The van der Waals surface area contributed by atoms with Crippen molar-refractivity contribution < 1.29 is 0 Å². The molecule has 1 aliphatic heterocycles. The summed E-state index contributed by atoms with van der Waals surface area (Å²) in [5, 5.41) is 3.13. The number of halogens is 1. The summed E-state index contributed by atoms with van der Waals surface area (Å²) in [6.07, 6.45) is 6.67. The summed E-state index contributed by atoms with van der Waals surface area (Å²) >= 11 is 0. The van der Waals surface area contributed by atoms with E-state index in [1.54, 1.807) is 0 Å². The van der Waals surface area contributed by atoms with Gasteiger partial charge in [0.15, 0.2) is 5.96 Å². The van der Waals surface area contributed by atoms with Gasteiger partial charge < -0.3 is 16.0 Å². The number of anilines is 1. The first-order valence-corrected chi connectivity index (χ1v) is 7.32. The lowest BCUT2D eigenvalue weighted by molar-refractivity contribution is 0.748. The van der Waals surface area contributed by atoms with Crippen molar-refractivity contribution in [2.45, 2.75) is 26.3 Å². The zero-order valence-electron chi connectivity index (χ0n) is 12.6. The van der Waals surface area contributed by atoms with E-state index in [1.807, 2.05) is 0 Å². The van der Waals surface area contributed by atoms with Gasteiger partial charge in [0, 0.05) is 25.3 Å². The van der Waals surface area contributed by atoms with Crippen LogP contribution in [0, 0.1) is 0 Å². The maximum Gasteiger partial charge on any atom is 0.188 e. The highest BCUT2D eigenvalue weighted by molar-refractivity contribution is 14.0. The summed E-state index contributed by atoms with van der Waals surface area (Å²) in [6, 6.07) is 8.51. The van der Waals surface area contributed by atoms with E-state index in [2.05, 4.69) is 58.6 Å². The largest absolute Gasteiger partial charge is 0.370 e. The van der Waals surface area contributed by atoms with Crippen LogP contribution in [0.3, 0.4) is 0 Å². The minimum absolute atomic E-state index is 0. The van der Waals surface area contributed by atoms with Gasteiger partial charge in [-0.3, -0.25) is 0 Å². The fraction of sp³-hybridized carbons (Fsp3) is 0.438. The van der Waals surface area contributed by atoms with Crippen LogP contribution in [0.1, 0.15) is 25.3 Å². The van der Waals surface area contributed by atoms with Crippen molar-refractivity contribution in [3.8, 4) is 0 Å². The predicted octanol–water partition coefficient (Wildman–Crippen LogP) is 2.89. The topological polar surface area (TPSA) is 53.6 Å².